The highest BCUT2D eigenvalue weighted by atomic mass is 35.5. The Labute approximate surface area is 123 Å². The van der Waals surface area contributed by atoms with E-state index in [0.717, 1.165) is 19.4 Å². The number of piperidine rings is 1. The van der Waals surface area contributed by atoms with Crippen molar-refractivity contribution in [2.24, 2.45) is 5.92 Å². The molecule has 2 heterocycles. The molecule has 1 aromatic rings. The van der Waals surface area contributed by atoms with Crippen LogP contribution >= 0.6 is 11.6 Å². The van der Waals surface area contributed by atoms with E-state index in [9.17, 15) is 4.79 Å². The van der Waals surface area contributed by atoms with Crippen LogP contribution in [0.3, 0.4) is 0 Å². The lowest BCUT2D eigenvalue weighted by Gasteiger charge is -2.31. The van der Waals surface area contributed by atoms with E-state index in [1.807, 2.05) is 0 Å². The van der Waals surface area contributed by atoms with Gasteiger partial charge in [0, 0.05) is 18.6 Å². The van der Waals surface area contributed by atoms with Crippen LogP contribution in [-0.2, 0) is 6.54 Å². The van der Waals surface area contributed by atoms with Gasteiger partial charge in [-0.3, -0.25) is 4.79 Å². The number of hydrogen-bond acceptors (Lipinski definition) is 4. The van der Waals surface area contributed by atoms with Crippen molar-refractivity contribution in [1.82, 2.24) is 15.1 Å². The van der Waals surface area contributed by atoms with Gasteiger partial charge in [0.25, 0.3) is 5.56 Å². The summed E-state index contributed by atoms with van der Waals surface area (Å²) in [5, 5.41) is 11.3. The van der Waals surface area contributed by atoms with Crippen molar-refractivity contribution < 1.29 is 0 Å². The minimum Gasteiger partial charge on any atom is -0.375 e. The molecule has 0 aromatic carbocycles. The van der Waals surface area contributed by atoms with Gasteiger partial charge in [-0.05, 0) is 45.1 Å². The Bertz CT molecular complexity index is 540. The van der Waals surface area contributed by atoms with E-state index in [-0.39, 0.29) is 11.6 Å². The van der Waals surface area contributed by atoms with Gasteiger partial charge in [-0.2, -0.15) is 5.10 Å². The number of halogens is 1. The first-order valence-electron chi connectivity index (χ1n) is 7.40. The topological polar surface area (TPSA) is 59.0 Å². The van der Waals surface area contributed by atoms with E-state index < -0.39 is 0 Å². The lowest BCUT2D eigenvalue weighted by atomic mass is 10.00. The molecule has 2 unspecified atom stereocenters. The molecule has 0 amide bonds. The van der Waals surface area contributed by atoms with Crippen LogP contribution in [0.4, 0.5) is 5.69 Å². The fourth-order valence-electron chi connectivity index (χ4n) is 2.70. The number of anilines is 1. The molecule has 0 spiro atoms. The Morgan fingerprint density at radius 1 is 1.50 bits per heavy atom. The fraction of sp³-hybridized carbons (Fsp3) is 0.714. The van der Waals surface area contributed by atoms with Crippen molar-refractivity contribution in [2.75, 3.05) is 11.9 Å². The van der Waals surface area contributed by atoms with Crippen LogP contribution in [0.15, 0.2) is 11.0 Å². The Balaban J connectivity index is 1.81. The maximum atomic E-state index is 12.5. The Kier molecular flexibility index (Phi) is 3.98. The van der Waals surface area contributed by atoms with Crippen molar-refractivity contribution in [3.8, 4) is 0 Å². The molecule has 2 fully saturated rings. The second kappa shape index (κ2) is 5.74. The molecule has 3 rings (SSSR count). The maximum absolute atomic E-state index is 12.5. The zero-order valence-electron chi connectivity index (χ0n) is 11.7. The monoisotopic (exact) mass is 296 g/mol. The molecule has 1 aliphatic heterocycles. The SMILES string of the molecule is CC1NCCCC1Nc1c(Cl)cnn(CC2CC2)c1=O. The number of nitrogens with zero attached hydrogens (tertiary/aromatic N) is 2. The number of rotatable bonds is 4. The number of hydrogen-bond donors (Lipinski definition) is 2. The van der Waals surface area contributed by atoms with Gasteiger partial charge >= 0.3 is 0 Å². The van der Waals surface area contributed by atoms with Crippen molar-refractivity contribution in [3.05, 3.63) is 21.6 Å². The molecule has 6 heteroatoms. The molecule has 0 radical (unpaired) electrons. The van der Waals surface area contributed by atoms with Crippen LogP contribution in [0.5, 0.6) is 0 Å². The van der Waals surface area contributed by atoms with Crippen LogP contribution in [0.25, 0.3) is 0 Å². The van der Waals surface area contributed by atoms with Gasteiger partial charge in [-0.25, -0.2) is 4.68 Å². The van der Waals surface area contributed by atoms with Gasteiger partial charge < -0.3 is 10.6 Å². The molecule has 20 heavy (non-hydrogen) atoms. The number of aromatic nitrogens is 2. The highest BCUT2D eigenvalue weighted by molar-refractivity contribution is 6.33. The molecule has 1 saturated heterocycles. The second-order valence-corrected chi connectivity index (χ2v) is 6.34. The highest BCUT2D eigenvalue weighted by Crippen LogP contribution is 2.30. The molecule has 110 valence electrons. The van der Waals surface area contributed by atoms with E-state index in [4.69, 9.17) is 11.6 Å². The molecule has 2 atom stereocenters. The van der Waals surface area contributed by atoms with E-state index in [2.05, 4.69) is 22.7 Å². The summed E-state index contributed by atoms with van der Waals surface area (Å²) in [5.41, 5.74) is 0.407. The fourth-order valence-corrected chi connectivity index (χ4v) is 2.88. The highest BCUT2D eigenvalue weighted by Gasteiger charge is 2.25. The summed E-state index contributed by atoms with van der Waals surface area (Å²) in [6.07, 6.45) is 6.14. The third-order valence-electron chi connectivity index (χ3n) is 4.22. The normalized spacial score (nSPS) is 26.5. The van der Waals surface area contributed by atoms with Crippen LogP contribution < -0.4 is 16.2 Å². The molecular formula is C14H21ClN4O. The summed E-state index contributed by atoms with van der Waals surface area (Å²) in [4.78, 5) is 12.5. The van der Waals surface area contributed by atoms with Crippen molar-refractivity contribution in [1.29, 1.82) is 0 Å². The average Bonchev–Trinajstić information content (AvgIpc) is 3.24. The first-order chi connectivity index (χ1) is 9.65. The van der Waals surface area contributed by atoms with Crippen LogP contribution in [-0.4, -0.2) is 28.4 Å². The standard InChI is InChI=1S/C14H21ClN4O/c1-9-12(3-2-6-16-9)18-13-11(15)7-17-19(14(13)20)8-10-4-5-10/h7,9-10,12,16,18H,2-6,8H2,1H3. The van der Waals surface area contributed by atoms with Crippen molar-refractivity contribution in [3.63, 3.8) is 0 Å². The van der Waals surface area contributed by atoms with Crippen LogP contribution in [0.2, 0.25) is 5.02 Å². The lowest BCUT2D eigenvalue weighted by Crippen LogP contribution is -2.47. The van der Waals surface area contributed by atoms with Gasteiger partial charge in [-0.1, -0.05) is 11.6 Å². The van der Waals surface area contributed by atoms with Gasteiger partial charge in [0.05, 0.1) is 11.2 Å². The first kappa shape index (κ1) is 13.9. The Hall–Kier alpha value is -1.07. The molecule has 2 aliphatic rings. The molecule has 1 saturated carbocycles. The van der Waals surface area contributed by atoms with E-state index in [1.165, 1.54) is 12.8 Å². The minimum atomic E-state index is -0.0952. The molecule has 1 aromatic heterocycles. The largest absolute Gasteiger partial charge is 0.375 e. The molecule has 0 bridgehead atoms. The van der Waals surface area contributed by atoms with E-state index in [1.54, 1.807) is 10.9 Å². The van der Waals surface area contributed by atoms with E-state index in [0.29, 0.717) is 29.2 Å². The lowest BCUT2D eigenvalue weighted by molar-refractivity contribution is 0.388. The zero-order valence-corrected chi connectivity index (χ0v) is 12.5. The quantitative estimate of drug-likeness (QED) is 0.890. The van der Waals surface area contributed by atoms with Crippen LogP contribution in [0, 0.1) is 5.92 Å². The molecule has 5 nitrogen and oxygen atoms in total. The molecule has 2 N–H and O–H groups in total. The zero-order chi connectivity index (χ0) is 14.1. The third-order valence-corrected chi connectivity index (χ3v) is 4.50. The van der Waals surface area contributed by atoms with Crippen LogP contribution in [0.1, 0.15) is 32.6 Å². The smallest absolute Gasteiger partial charge is 0.291 e. The summed E-state index contributed by atoms with van der Waals surface area (Å²) in [6, 6.07) is 0.579. The summed E-state index contributed by atoms with van der Waals surface area (Å²) in [6.45, 7) is 3.88. The van der Waals surface area contributed by atoms with Gasteiger partial charge in [-0.15, -0.1) is 0 Å². The summed E-state index contributed by atoms with van der Waals surface area (Å²) in [5.74, 6) is 0.615. The average molecular weight is 297 g/mol. The Morgan fingerprint density at radius 3 is 3.00 bits per heavy atom. The number of nitrogens with one attached hydrogen (secondary N) is 2. The van der Waals surface area contributed by atoms with Crippen molar-refractivity contribution in [2.45, 2.75) is 51.2 Å². The van der Waals surface area contributed by atoms with Gasteiger partial charge in [0.1, 0.15) is 5.69 Å². The minimum absolute atomic E-state index is 0.0952. The van der Waals surface area contributed by atoms with E-state index >= 15 is 0 Å². The second-order valence-electron chi connectivity index (χ2n) is 5.93. The summed E-state index contributed by atoms with van der Waals surface area (Å²) >= 11 is 6.16. The maximum Gasteiger partial charge on any atom is 0.291 e. The van der Waals surface area contributed by atoms with Crippen molar-refractivity contribution >= 4 is 17.3 Å². The predicted octanol–water partition coefficient (Wildman–Crippen LogP) is 1.86. The third kappa shape index (κ3) is 2.99. The predicted molar refractivity (Wildman–Crippen MR) is 80.3 cm³/mol. The summed E-state index contributed by atoms with van der Waals surface area (Å²) < 4.78 is 1.55. The first-order valence-corrected chi connectivity index (χ1v) is 7.78. The van der Waals surface area contributed by atoms with Gasteiger partial charge in [0.15, 0.2) is 0 Å². The molecule has 1 aliphatic carbocycles. The van der Waals surface area contributed by atoms with Gasteiger partial charge in [0.2, 0.25) is 0 Å². The Morgan fingerprint density at radius 2 is 2.30 bits per heavy atom. The summed E-state index contributed by atoms with van der Waals surface area (Å²) in [7, 11) is 0. The molecular weight excluding hydrogens is 276 g/mol.